The molecule has 0 amide bonds. The highest BCUT2D eigenvalue weighted by molar-refractivity contribution is 5.65. The van der Waals surface area contributed by atoms with Crippen LogP contribution in [0.25, 0.3) is 0 Å². The molecule has 0 unspecified atom stereocenters. The number of anilines is 3. The van der Waals surface area contributed by atoms with Crippen molar-refractivity contribution in [2.45, 2.75) is 7.43 Å². The van der Waals surface area contributed by atoms with Gasteiger partial charge in [0.15, 0.2) is 0 Å². The van der Waals surface area contributed by atoms with Gasteiger partial charge in [-0.1, -0.05) is 31.7 Å². The van der Waals surface area contributed by atoms with Crippen LogP contribution in [0, 0.1) is 10.1 Å². The van der Waals surface area contributed by atoms with Crippen molar-refractivity contribution in [2.75, 3.05) is 30.5 Å². The Morgan fingerprint density at radius 1 is 1.04 bits per heavy atom. The van der Waals surface area contributed by atoms with Crippen molar-refractivity contribution < 1.29 is 14.8 Å². The summed E-state index contributed by atoms with van der Waals surface area (Å²) in [6.45, 7) is -0.250. The number of nitrogens with two attached hydrogens (primary N) is 1. The molecule has 9 nitrogen and oxygen atoms in total. The lowest BCUT2D eigenvalue weighted by Gasteiger charge is -2.01. The molecule has 8 N–H and O–H groups in total. The highest BCUT2D eigenvalue weighted by Gasteiger charge is 2.09. The maximum atomic E-state index is 10.3. The number of nitro benzene ring substituents is 1. The van der Waals surface area contributed by atoms with Gasteiger partial charge in [-0.25, -0.2) is 0 Å². The number of hydrogen-bond acceptors (Lipinski definition) is 7. The van der Waals surface area contributed by atoms with Crippen LogP contribution in [0.5, 0.6) is 0 Å². The van der Waals surface area contributed by atoms with Gasteiger partial charge >= 0.3 is 0 Å². The highest BCUT2D eigenvalue weighted by Crippen LogP contribution is 2.21. The molecule has 9 heteroatoms. The van der Waals surface area contributed by atoms with Crippen LogP contribution in [-0.2, 0) is 4.79 Å². The normalized spacial score (nSPS) is 7.76. The number of benzene rings is 2. The fraction of sp³-hybridized carbons (Fsp3) is 0.188. The first-order chi connectivity index (χ1) is 11.0. The first kappa shape index (κ1) is 26.6. The quantitative estimate of drug-likeness (QED) is 0.242. The predicted octanol–water partition coefficient (Wildman–Crippen LogP) is 3.45. The van der Waals surface area contributed by atoms with Gasteiger partial charge in [-0.2, -0.15) is 0 Å². The molecule has 0 aliphatic rings. The molecule has 0 aliphatic carbocycles. The van der Waals surface area contributed by atoms with Crippen LogP contribution in [0.3, 0.4) is 0 Å². The number of carboxylic acid groups (broad SMARTS) is 1. The molecule has 0 saturated carbocycles. The summed E-state index contributed by atoms with van der Waals surface area (Å²) in [5, 5.41) is 22.9. The minimum Gasteiger partial charge on any atom is -0.483 e. The van der Waals surface area contributed by atoms with Gasteiger partial charge in [0.25, 0.3) is 12.2 Å². The Morgan fingerprint density at radius 3 is 1.76 bits per heavy atom. The van der Waals surface area contributed by atoms with E-state index < -0.39 is 4.92 Å². The molecule has 0 spiro atoms. The number of nitro groups is 1. The van der Waals surface area contributed by atoms with Crippen LogP contribution in [0.1, 0.15) is 7.43 Å². The molecule has 0 saturated heterocycles. The molecule has 140 valence electrons. The summed E-state index contributed by atoms with van der Waals surface area (Å²) in [5.74, 6) is 0. The summed E-state index contributed by atoms with van der Waals surface area (Å²) in [7, 11) is 3.51. The molecule has 0 aromatic heterocycles. The number of nitrogens with zero attached hydrogens (tertiary/aromatic N) is 1. The average molecular weight is 353 g/mol. The van der Waals surface area contributed by atoms with Gasteiger partial charge in [-0.3, -0.25) is 14.9 Å². The lowest BCUT2D eigenvalue weighted by molar-refractivity contribution is -0.383. The number of hydrogen-bond donors (Lipinski definition) is 5. The van der Waals surface area contributed by atoms with Crippen molar-refractivity contribution in [1.29, 1.82) is 0 Å². The van der Waals surface area contributed by atoms with Crippen molar-refractivity contribution in [2.24, 2.45) is 0 Å². The maximum absolute atomic E-state index is 10.3. The van der Waals surface area contributed by atoms with E-state index in [4.69, 9.17) is 15.6 Å². The third kappa shape index (κ3) is 10.1. The van der Waals surface area contributed by atoms with E-state index >= 15 is 0 Å². The molecule has 0 radical (unpaired) electrons. The molecular formula is C16H27N5O4. The number of nitrogen functional groups attached to an aromatic ring is 1. The summed E-state index contributed by atoms with van der Waals surface area (Å²) in [6, 6.07) is 14.2. The topological polar surface area (TPSA) is 166 Å². The van der Waals surface area contributed by atoms with E-state index in [0.29, 0.717) is 5.69 Å². The van der Waals surface area contributed by atoms with E-state index in [1.54, 1.807) is 25.2 Å². The second kappa shape index (κ2) is 15.6. The average Bonchev–Trinajstić information content (AvgIpc) is 2.56. The molecule has 0 bridgehead atoms. The minimum atomic E-state index is -0.411. The lowest BCUT2D eigenvalue weighted by atomic mass is 10.3. The van der Waals surface area contributed by atoms with Gasteiger partial charge in [-0.15, -0.1) is 0 Å². The second-order valence-corrected chi connectivity index (χ2v) is 3.97. The van der Waals surface area contributed by atoms with Crippen LogP contribution >= 0.6 is 0 Å². The molecule has 0 fully saturated rings. The van der Waals surface area contributed by atoms with Gasteiger partial charge in [0.05, 0.1) is 16.3 Å². The third-order valence-electron chi connectivity index (χ3n) is 2.60. The van der Waals surface area contributed by atoms with Crippen LogP contribution in [0.2, 0.25) is 0 Å². The Hall–Kier alpha value is -3.33. The van der Waals surface area contributed by atoms with Gasteiger partial charge in [0.1, 0.15) is 5.69 Å². The van der Waals surface area contributed by atoms with Crippen molar-refractivity contribution in [3.05, 3.63) is 58.6 Å². The van der Waals surface area contributed by atoms with E-state index in [-0.39, 0.29) is 25.7 Å². The number of para-hydroxylation sites is 4. The molecule has 0 aliphatic heterocycles. The lowest BCUT2D eigenvalue weighted by Crippen LogP contribution is -1.95. The summed E-state index contributed by atoms with van der Waals surface area (Å²) in [6.07, 6.45) is 0. The van der Waals surface area contributed by atoms with E-state index in [0.717, 1.165) is 11.4 Å². The molecule has 0 heterocycles. The predicted molar refractivity (Wildman–Crippen MR) is 103 cm³/mol. The first-order valence-corrected chi connectivity index (χ1v) is 6.53. The van der Waals surface area contributed by atoms with Crippen molar-refractivity contribution >= 4 is 29.2 Å². The SMILES string of the molecule is C.CNc1ccccc1N.CNc1ccccc1[N+](=O)[O-].N.O=CO. The fourth-order valence-corrected chi connectivity index (χ4v) is 1.57. The van der Waals surface area contributed by atoms with E-state index in [1.807, 2.05) is 31.3 Å². The standard InChI is InChI=1S/C7H8N2O2.C7H10N2.CH2O2.CH4.H3N/c1-8-6-4-2-3-5-7(6)9(10)11;1-9-7-5-3-2-4-6(7)8;2-1-3;;/h2-5,8H,1H3;2-5,9H,8H2,1H3;1H,(H,2,3);1H4;1H3. The minimum absolute atomic E-state index is 0. The Bertz CT molecular complexity index is 623. The largest absolute Gasteiger partial charge is 0.483 e. The number of carbonyl (C=O) groups is 1. The third-order valence-corrected chi connectivity index (χ3v) is 2.60. The maximum Gasteiger partial charge on any atom is 0.292 e. The van der Waals surface area contributed by atoms with Gasteiger partial charge in [-0.05, 0) is 18.2 Å². The monoisotopic (exact) mass is 353 g/mol. The zero-order valence-electron chi connectivity index (χ0n) is 13.6. The first-order valence-electron chi connectivity index (χ1n) is 6.53. The number of nitrogens with one attached hydrogen (secondary N) is 2. The number of rotatable bonds is 3. The Labute approximate surface area is 147 Å². The second-order valence-electron chi connectivity index (χ2n) is 3.97. The molecule has 25 heavy (non-hydrogen) atoms. The van der Waals surface area contributed by atoms with Crippen molar-refractivity contribution in [1.82, 2.24) is 6.15 Å². The van der Waals surface area contributed by atoms with E-state index in [2.05, 4.69) is 10.6 Å². The Balaban J connectivity index is -0.000000317. The van der Waals surface area contributed by atoms with Crippen LogP contribution in [-0.4, -0.2) is 30.6 Å². The molecule has 2 aromatic carbocycles. The van der Waals surface area contributed by atoms with Crippen molar-refractivity contribution in [3.63, 3.8) is 0 Å². The van der Waals surface area contributed by atoms with Crippen LogP contribution in [0.15, 0.2) is 48.5 Å². The molecular weight excluding hydrogens is 326 g/mol. The summed E-state index contributed by atoms with van der Waals surface area (Å²) in [5.41, 5.74) is 7.99. The summed E-state index contributed by atoms with van der Waals surface area (Å²) < 4.78 is 0. The summed E-state index contributed by atoms with van der Waals surface area (Å²) >= 11 is 0. The Kier molecular flexibility index (Phi) is 16.5. The van der Waals surface area contributed by atoms with Gasteiger partial charge in [0.2, 0.25) is 0 Å². The van der Waals surface area contributed by atoms with Gasteiger partial charge in [0, 0.05) is 20.2 Å². The smallest absolute Gasteiger partial charge is 0.292 e. The molecule has 0 atom stereocenters. The zero-order valence-corrected chi connectivity index (χ0v) is 13.6. The molecule has 2 aromatic rings. The Morgan fingerprint density at radius 2 is 1.44 bits per heavy atom. The van der Waals surface area contributed by atoms with Gasteiger partial charge < -0.3 is 27.6 Å². The summed E-state index contributed by atoms with van der Waals surface area (Å²) in [4.78, 5) is 18.3. The van der Waals surface area contributed by atoms with E-state index in [9.17, 15) is 10.1 Å². The van der Waals surface area contributed by atoms with Crippen molar-refractivity contribution in [3.8, 4) is 0 Å². The highest BCUT2D eigenvalue weighted by atomic mass is 16.6. The molecule has 2 rings (SSSR count). The zero-order chi connectivity index (χ0) is 17.7. The van der Waals surface area contributed by atoms with E-state index in [1.165, 1.54) is 6.07 Å². The van der Waals surface area contributed by atoms with Crippen LogP contribution < -0.4 is 22.5 Å². The van der Waals surface area contributed by atoms with Crippen LogP contribution in [0.4, 0.5) is 22.7 Å². The fourth-order valence-electron chi connectivity index (χ4n) is 1.57.